The molecule has 0 radical (unpaired) electrons. The average molecular weight is 480 g/mol. The molecule has 0 aliphatic heterocycles. The number of amides is 2. The van der Waals surface area contributed by atoms with Crippen LogP contribution in [-0.2, 0) is 12.7 Å². The van der Waals surface area contributed by atoms with Gasteiger partial charge in [0.1, 0.15) is 11.6 Å². The summed E-state index contributed by atoms with van der Waals surface area (Å²) in [4.78, 5) is 14.3. The Morgan fingerprint density at radius 1 is 0.829 bits per heavy atom. The van der Waals surface area contributed by atoms with Gasteiger partial charge in [-0.3, -0.25) is 4.90 Å². The lowest BCUT2D eigenvalue weighted by Crippen LogP contribution is -2.34. The number of halogens is 4. The van der Waals surface area contributed by atoms with Gasteiger partial charge in [0.15, 0.2) is 0 Å². The monoisotopic (exact) mass is 480 g/mol. The molecule has 0 bridgehead atoms. The minimum absolute atomic E-state index is 0.0334. The van der Waals surface area contributed by atoms with Crippen LogP contribution in [0.5, 0.6) is 5.75 Å². The van der Waals surface area contributed by atoms with Crippen LogP contribution in [0.3, 0.4) is 0 Å². The van der Waals surface area contributed by atoms with Crippen LogP contribution >= 0.6 is 0 Å². The molecule has 0 aromatic heterocycles. The number of aromatic hydroxyl groups is 1. The molecule has 0 heterocycles. The number of nitrogens with one attached hydrogen (secondary N) is 1. The van der Waals surface area contributed by atoms with Gasteiger partial charge in [-0.25, -0.2) is 9.18 Å². The highest BCUT2D eigenvalue weighted by atomic mass is 19.4. The van der Waals surface area contributed by atoms with E-state index >= 15 is 0 Å². The molecule has 0 aliphatic carbocycles. The molecule has 8 heteroatoms. The van der Waals surface area contributed by atoms with E-state index < -0.39 is 23.6 Å². The smallest absolute Gasteiger partial charge is 0.416 e. The number of urea groups is 1. The molecule has 0 spiro atoms. The number of rotatable bonds is 5. The van der Waals surface area contributed by atoms with Gasteiger partial charge in [0.05, 0.1) is 12.1 Å². The summed E-state index contributed by atoms with van der Waals surface area (Å²) >= 11 is 0. The zero-order chi connectivity index (χ0) is 25.0. The number of benzene rings is 4. The van der Waals surface area contributed by atoms with Gasteiger partial charge in [-0.15, -0.1) is 0 Å². The number of phenols is 1. The number of carbonyl (C=O) groups excluding carboxylic acids is 1. The van der Waals surface area contributed by atoms with Crippen LogP contribution in [0.25, 0.3) is 11.1 Å². The molecular formula is C27H20F4N2O2. The molecule has 0 unspecified atom stereocenters. The van der Waals surface area contributed by atoms with Crippen molar-refractivity contribution in [3.05, 3.63) is 114 Å². The van der Waals surface area contributed by atoms with Gasteiger partial charge in [0.25, 0.3) is 0 Å². The Morgan fingerprint density at radius 2 is 1.46 bits per heavy atom. The third kappa shape index (κ3) is 5.97. The van der Waals surface area contributed by atoms with Crippen LogP contribution in [0.1, 0.15) is 11.1 Å². The first-order valence-electron chi connectivity index (χ1n) is 10.6. The van der Waals surface area contributed by atoms with E-state index in [0.29, 0.717) is 0 Å². The normalized spacial score (nSPS) is 11.2. The summed E-state index contributed by atoms with van der Waals surface area (Å²) in [5.41, 5.74) is 1.82. The zero-order valence-corrected chi connectivity index (χ0v) is 18.3. The first-order valence-corrected chi connectivity index (χ1v) is 10.6. The molecule has 2 N–H and O–H groups in total. The Balaban J connectivity index is 1.59. The summed E-state index contributed by atoms with van der Waals surface area (Å²) in [6, 6.07) is 23.0. The molecule has 4 nitrogen and oxygen atoms in total. The third-order valence-corrected chi connectivity index (χ3v) is 5.30. The molecule has 35 heavy (non-hydrogen) atoms. The van der Waals surface area contributed by atoms with Gasteiger partial charge in [-0.05, 0) is 65.2 Å². The van der Waals surface area contributed by atoms with Crippen molar-refractivity contribution in [3.8, 4) is 16.9 Å². The highest BCUT2D eigenvalue weighted by Gasteiger charge is 2.30. The molecular weight excluding hydrogens is 460 g/mol. The fourth-order valence-corrected chi connectivity index (χ4v) is 3.53. The van der Waals surface area contributed by atoms with Gasteiger partial charge in [-0.2, -0.15) is 13.2 Å². The molecule has 4 rings (SSSR count). The van der Waals surface area contributed by atoms with E-state index in [-0.39, 0.29) is 23.7 Å². The highest BCUT2D eigenvalue weighted by molar-refractivity contribution is 6.01. The quantitative estimate of drug-likeness (QED) is 0.292. The van der Waals surface area contributed by atoms with Gasteiger partial charge < -0.3 is 10.4 Å². The molecule has 0 saturated heterocycles. The molecule has 4 aromatic rings. The molecule has 178 valence electrons. The van der Waals surface area contributed by atoms with E-state index in [1.165, 1.54) is 35.2 Å². The van der Waals surface area contributed by atoms with Crippen molar-refractivity contribution >= 4 is 17.4 Å². The van der Waals surface area contributed by atoms with Crippen molar-refractivity contribution in [1.82, 2.24) is 0 Å². The van der Waals surface area contributed by atoms with Crippen molar-refractivity contribution < 1.29 is 27.5 Å². The summed E-state index contributed by atoms with van der Waals surface area (Å²) < 4.78 is 53.1. The fraction of sp³-hybridized carbons (Fsp3) is 0.0741. The maximum Gasteiger partial charge on any atom is 0.416 e. The minimum Gasteiger partial charge on any atom is -0.508 e. The molecule has 2 amide bonds. The van der Waals surface area contributed by atoms with Gasteiger partial charge >= 0.3 is 12.2 Å². The van der Waals surface area contributed by atoms with Crippen LogP contribution in [0.2, 0.25) is 0 Å². The lowest BCUT2D eigenvalue weighted by molar-refractivity contribution is -0.137. The molecule has 4 aromatic carbocycles. The van der Waals surface area contributed by atoms with Crippen molar-refractivity contribution in [2.24, 2.45) is 0 Å². The van der Waals surface area contributed by atoms with Crippen LogP contribution in [0.15, 0.2) is 97.1 Å². The summed E-state index contributed by atoms with van der Waals surface area (Å²) in [6.45, 7) is 0.0457. The predicted molar refractivity (Wildman–Crippen MR) is 127 cm³/mol. The minimum atomic E-state index is -4.55. The number of alkyl halides is 3. The number of hydrogen-bond donors (Lipinski definition) is 2. The average Bonchev–Trinajstić information content (AvgIpc) is 2.83. The summed E-state index contributed by atoms with van der Waals surface area (Å²) in [7, 11) is 0. The maximum absolute atomic E-state index is 13.9. The van der Waals surface area contributed by atoms with Gasteiger partial charge in [-0.1, -0.05) is 48.5 Å². The Kier molecular flexibility index (Phi) is 6.73. The van der Waals surface area contributed by atoms with E-state index in [9.17, 15) is 27.5 Å². The third-order valence-electron chi connectivity index (χ3n) is 5.30. The first-order chi connectivity index (χ1) is 16.7. The lowest BCUT2D eigenvalue weighted by atomic mass is 10.0. The van der Waals surface area contributed by atoms with Gasteiger partial charge in [0.2, 0.25) is 0 Å². The second kappa shape index (κ2) is 9.89. The Labute approximate surface area is 199 Å². The first kappa shape index (κ1) is 23.8. The van der Waals surface area contributed by atoms with E-state index in [2.05, 4.69) is 5.32 Å². The number of hydrogen-bond acceptors (Lipinski definition) is 2. The van der Waals surface area contributed by atoms with Crippen LogP contribution in [-0.4, -0.2) is 11.1 Å². The second-order valence-electron chi connectivity index (χ2n) is 7.82. The Morgan fingerprint density at radius 3 is 2.09 bits per heavy atom. The second-order valence-corrected chi connectivity index (χ2v) is 7.82. The van der Waals surface area contributed by atoms with Gasteiger partial charge in [0, 0.05) is 11.4 Å². The Bertz CT molecular complexity index is 1320. The van der Waals surface area contributed by atoms with E-state index in [1.807, 2.05) is 12.1 Å². The van der Waals surface area contributed by atoms with E-state index in [0.717, 1.165) is 28.8 Å². The SMILES string of the molecule is O=C(Nc1cccc(C(F)(F)F)c1)N(Cc1ccc(-c2ccc(O)cc2)cc1)c1cccc(F)c1. The lowest BCUT2D eigenvalue weighted by Gasteiger charge is -2.24. The molecule has 0 fully saturated rings. The predicted octanol–water partition coefficient (Wildman–Crippen LogP) is 7.46. The standard InChI is InChI=1S/C27H20F4N2O2/c28-22-4-2-6-24(16-22)33(26(35)32-23-5-1-3-21(15-23)27(29,30)31)17-18-7-9-19(10-8-18)20-11-13-25(34)14-12-20/h1-16,34H,17H2,(H,32,35). The summed E-state index contributed by atoms with van der Waals surface area (Å²) in [5, 5.41) is 11.9. The number of nitrogens with zero attached hydrogens (tertiary/aromatic N) is 1. The van der Waals surface area contributed by atoms with Crippen LogP contribution < -0.4 is 10.2 Å². The number of anilines is 2. The summed E-state index contributed by atoms with van der Waals surface area (Å²) in [6.07, 6.45) is -4.55. The summed E-state index contributed by atoms with van der Waals surface area (Å²) in [5.74, 6) is -0.398. The van der Waals surface area contributed by atoms with Crippen molar-refractivity contribution in [1.29, 1.82) is 0 Å². The van der Waals surface area contributed by atoms with Crippen LogP contribution in [0, 0.1) is 5.82 Å². The van der Waals surface area contributed by atoms with E-state index in [4.69, 9.17) is 0 Å². The maximum atomic E-state index is 13.9. The number of phenolic OH excluding ortho intramolecular Hbond substituents is 1. The highest BCUT2D eigenvalue weighted by Crippen LogP contribution is 2.31. The zero-order valence-electron chi connectivity index (χ0n) is 18.3. The van der Waals surface area contributed by atoms with Crippen LogP contribution in [0.4, 0.5) is 33.7 Å². The van der Waals surface area contributed by atoms with Crippen molar-refractivity contribution in [2.75, 3.05) is 10.2 Å². The largest absolute Gasteiger partial charge is 0.508 e. The Hall–Kier alpha value is -4.33. The fourth-order valence-electron chi connectivity index (χ4n) is 3.53. The molecule has 0 atom stereocenters. The number of carbonyl (C=O) groups is 1. The topological polar surface area (TPSA) is 52.6 Å². The van der Waals surface area contributed by atoms with Crippen molar-refractivity contribution in [2.45, 2.75) is 12.7 Å². The molecule has 0 saturated carbocycles. The molecule has 0 aliphatic rings. The van der Waals surface area contributed by atoms with Crippen molar-refractivity contribution in [3.63, 3.8) is 0 Å². The van der Waals surface area contributed by atoms with E-state index in [1.54, 1.807) is 42.5 Å².